The summed E-state index contributed by atoms with van der Waals surface area (Å²) < 4.78 is 0. The third-order valence-electron chi connectivity index (χ3n) is 5.07. The Morgan fingerprint density at radius 1 is 1.33 bits per heavy atom. The van der Waals surface area contributed by atoms with E-state index in [1.54, 1.807) is 0 Å². The molecule has 2 rings (SSSR count). The molecule has 2 aliphatic rings. The van der Waals surface area contributed by atoms with Gasteiger partial charge in [0.05, 0.1) is 5.92 Å². The highest BCUT2D eigenvalue weighted by atomic mass is 16.2. The second kappa shape index (κ2) is 7.25. The Labute approximate surface area is 127 Å². The van der Waals surface area contributed by atoms with Gasteiger partial charge in [0.15, 0.2) is 0 Å². The summed E-state index contributed by atoms with van der Waals surface area (Å²) in [7, 11) is 0. The van der Waals surface area contributed by atoms with Crippen LogP contribution in [0.5, 0.6) is 0 Å². The van der Waals surface area contributed by atoms with Crippen LogP contribution in [0.15, 0.2) is 0 Å². The molecule has 2 atom stereocenters. The number of hydrogen-bond acceptors (Lipinski definition) is 3. The van der Waals surface area contributed by atoms with Crippen molar-refractivity contribution in [3.63, 3.8) is 0 Å². The molecule has 0 aromatic carbocycles. The molecule has 2 fully saturated rings. The standard InChI is InChI=1S/C16H29N3O2/c1-3-13(4-2)19-11-12(9-15(19)20)16(21)18-8-6-5-7-14(18)10-17/h12-14H,3-11,17H2,1-2H3. The Morgan fingerprint density at radius 2 is 2.05 bits per heavy atom. The van der Waals surface area contributed by atoms with Gasteiger partial charge in [0.1, 0.15) is 0 Å². The van der Waals surface area contributed by atoms with Gasteiger partial charge in [-0.05, 0) is 32.1 Å². The van der Waals surface area contributed by atoms with Crippen molar-refractivity contribution in [2.75, 3.05) is 19.6 Å². The number of nitrogens with zero attached hydrogens (tertiary/aromatic N) is 2. The van der Waals surface area contributed by atoms with Gasteiger partial charge in [0.2, 0.25) is 11.8 Å². The van der Waals surface area contributed by atoms with Gasteiger partial charge in [-0.2, -0.15) is 0 Å². The first kappa shape index (κ1) is 16.3. The number of piperidine rings is 1. The van der Waals surface area contributed by atoms with Crippen LogP contribution in [0.2, 0.25) is 0 Å². The lowest BCUT2D eigenvalue weighted by atomic mass is 9.98. The van der Waals surface area contributed by atoms with Gasteiger partial charge in [-0.15, -0.1) is 0 Å². The zero-order valence-corrected chi connectivity index (χ0v) is 13.4. The normalized spacial score (nSPS) is 26.8. The van der Waals surface area contributed by atoms with Crippen molar-refractivity contribution in [3.8, 4) is 0 Å². The minimum absolute atomic E-state index is 0.142. The average Bonchev–Trinajstić information content (AvgIpc) is 2.90. The molecule has 0 aromatic rings. The van der Waals surface area contributed by atoms with Crippen molar-refractivity contribution >= 4 is 11.8 Å². The first-order chi connectivity index (χ1) is 10.1. The summed E-state index contributed by atoms with van der Waals surface area (Å²) in [4.78, 5) is 28.8. The van der Waals surface area contributed by atoms with E-state index in [0.717, 1.165) is 38.6 Å². The molecule has 120 valence electrons. The molecule has 2 saturated heterocycles. The second-order valence-corrected chi connectivity index (χ2v) is 6.33. The Kier molecular flexibility index (Phi) is 5.62. The smallest absolute Gasteiger partial charge is 0.228 e. The van der Waals surface area contributed by atoms with E-state index in [0.29, 0.717) is 19.5 Å². The molecule has 0 aliphatic carbocycles. The lowest BCUT2D eigenvalue weighted by Gasteiger charge is -2.36. The highest BCUT2D eigenvalue weighted by Crippen LogP contribution is 2.27. The first-order valence-electron chi connectivity index (χ1n) is 8.42. The zero-order chi connectivity index (χ0) is 15.4. The van der Waals surface area contributed by atoms with Crippen LogP contribution in [0.4, 0.5) is 0 Å². The predicted molar refractivity (Wildman–Crippen MR) is 82.6 cm³/mol. The van der Waals surface area contributed by atoms with Crippen molar-refractivity contribution in [1.29, 1.82) is 0 Å². The molecule has 0 aromatic heterocycles. The van der Waals surface area contributed by atoms with Crippen LogP contribution in [0, 0.1) is 5.92 Å². The molecule has 0 radical (unpaired) electrons. The molecule has 2 heterocycles. The molecule has 0 bridgehead atoms. The summed E-state index contributed by atoms with van der Waals surface area (Å²) in [5, 5.41) is 0. The Bertz CT molecular complexity index is 382. The molecular formula is C16H29N3O2. The summed E-state index contributed by atoms with van der Waals surface area (Å²) in [5.74, 6) is 0.126. The zero-order valence-electron chi connectivity index (χ0n) is 13.4. The van der Waals surface area contributed by atoms with Gasteiger partial charge in [-0.25, -0.2) is 0 Å². The van der Waals surface area contributed by atoms with Crippen LogP contribution in [0.3, 0.4) is 0 Å². The van der Waals surface area contributed by atoms with Crippen molar-refractivity contribution in [3.05, 3.63) is 0 Å². The first-order valence-corrected chi connectivity index (χ1v) is 8.42. The van der Waals surface area contributed by atoms with E-state index in [1.165, 1.54) is 0 Å². The highest BCUT2D eigenvalue weighted by Gasteiger charge is 2.40. The number of carbonyl (C=O) groups is 2. The molecule has 2 unspecified atom stereocenters. The fourth-order valence-corrected chi connectivity index (χ4v) is 3.75. The largest absolute Gasteiger partial charge is 0.339 e. The second-order valence-electron chi connectivity index (χ2n) is 6.33. The molecule has 5 heteroatoms. The lowest BCUT2D eigenvalue weighted by Crippen LogP contribution is -2.50. The predicted octanol–water partition coefficient (Wildman–Crippen LogP) is 1.36. The molecule has 2 N–H and O–H groups in total. The number of hydrogen-bond donors (Lipinski definition) is 1. The van der Waals surface area contributed by atoms with Gasteiger partial charge in [0.25, 0.3) is 0 Å². The van der Waals surface area contributed by atoms with Crippen LogP contribution in [-0.4, -0.2) is 53.3 Å². The summed E-state index contributed by atoms with van der Waals surface area (Å²) in [6.07, 6.45) is 5.49. The summed E-state index contributed by atoms with van der Waals surface area (Å²) in [5.41, 5.74) is 5.80. The number of rotatable bonds is 5. The van der Waals surface area contributed by atoms with Gasteiger partial charge in [0, 0.05) is 38.1 Å². The SMILES string of the molecule is CCC(CC)N1CC(C(=O)N2CCCCC2CN)CC1=O. The summed E-state index contributed by atoms with van der Waals surface area (Å²) >= 11 is 0. The topological polar surface area (TPSA) is 66.6 Å². The van der Waals surface area contributed by atoms with Gasteiger partial charge in [-0.3, -0.25) is 9.59 Å². The van der Waals surface area contributed by atoms with Gasteiger partial charge >= 0.3 is 0 Å². The van der Waals surface area contributed by atoms with E-state index < -0.39 is 0 Å². The van der Waals surface area contributed by atoms with Crippen LogP contribution in [0.1, 0.15) is 52.4 Å². The van der Waals surface area contributed by atoms with Crippen molar-refractivity contribution in [1.82, 2.24) is 9.80 Å². The fourth-order valence-electron chi connectivity index (χ4n) is 3.75. The van der Waals surface area contributed by atoms with E-state index in [4.69, 9.17) is 5.73 Å². The van der Waals surface area contributed by atoms with E-state index in [1.807, 2.05) is 9.80 Å². The number of carbonyl (C=O) groups excluding carboxylic acids is 2. The maximum atomic E-state index is 12.8. The number of amides is 2. The monoisotopic (exact) mass is 295 g/mol. The number of nitrogens with two attached hydrogens (primary N) is 1. The van der Waals surface area contributed by atoms with Crippen LogP contribution < -0.4 is 5.73 Å². The molecule has 2 aliphatic heterocycles. The molecule has 0 saturated carbocycles. The average molecular weight is 295 g/mol. The lowest BCUT2D eigenvalue weighted by molar-refractivity contribution is -0.139. The maximum absolute atomic E-state index is 12.8. The minimum Gasteiger partial charge on any atom is -0.339 e. The maximum Gasteiger partial charge on any atom is 0.228 e. The van der Waals surface area contributed by atoms with Crippen LogP contribution in [-0.2, 0) is 9.59 Å². The fraction of sp³-hybridized carbons (Fsp3) is 0.875. The third kappa shape index (κ3) is 3.39. The van der Waals surface area contributed by atoms with Crippen molar-refractivity contribution < 1.29 is 9.59 Å². The Balaban J connectivity index is 2.02. The minimum atomic E-state index is -0.162. The molecular weight excluding hydrogens is 266 g/mol. The van der Waals surface area contributed by atoms with E-state index in [2.05, 4.69) is 13.8 Å². The molecule has 5 nitrogen and oxygen atoms in total. The molecule has 0 spiro atoms. The highest BCUT2D eigenvalue weighted by molar-refractivity contribution is 5.89. The third-order valence-corrected chi connectivity index (χ3v) is 5.07. The van der Waals surface area contributed by atoms with Gasteiger partial charge in [-0.1, -0.05) is 13.8 Å². The van der Waals surface area contributed by atoms with E-state index in [-0.39, 0.29) is 29.8 Å². The molecule has 21 heavy (non-hydrogen) atoms. The van der Waals surface area contributed by atoms with Crippen LogP contribution >= 0.6 is 0 Å². The van der Waals surface area contributed by atoms with Crippen molar-refractivity contribution in [2.45, 2.75) is 64.5 Å². The van der Waals surface area contributed by atoms with E-state index >= 15 is 0 Å². The number of likely N-dealkylation sites (tertiary alicyclic amines) is 2. The van der Waals surface area contributed by atoms with Gasteiger partial charge < -0.3 is 15.5 Å². The van der Waals surface area contributed by atoms with E-state index in [9.17, 15) is 9.59 Å². The molecule has 2 amide bonds. The van der Waals surface area contributed by atoms with Crippen LogP contribution in [0.25, 0.3) is 0 Å². The quantitative estimate of drug-likeness (QED) is 0.833. The summed E-state index contributed by atoms with van der Waals surface area (Å²) in [6.45, 7) is 6.13. The Morgan fingerprint density at radius 3 is 2.67 bits per heavy atom. The Hall–Kier alpha value is -1.10. The summed E-state index contributed by atoms with van der Waals surface area (Å²) in [6, 6.07) is 0.450. The van der Waals surface area contributed by atoms with Crippen molar-refractivity contribution in [2.24, 2.45) is 11.7 Å².